The van der Waals surface area contributed by atoms with E-state index in [4.69, 9.17) is 28.4 Å². The predicted molar refractivity (Wildman–Crippen MR) is 133 cm³/mol. The second-order valence-electron chi connectivity index (χ2n) is 8.45. The van der Waals surface area contributed by atoms with E-state index in [0.29, 0.717) is 34.3 Å². The monoisotopic (exact) mass is 520 g/mol. The van der Waals surface area contributed by atoms with Crippen molar-refractivity contribution in [1.29, 1.82) is 0 Å². The number of carbonyl (C=O) groups is 1. The zero-order valence-electron chi connectivity index (χ0n) is 19.8. The van der Waals surface area contributed by atoms with Crippen molar-refractivity contribution in [2.75, 3.05) is 46.2 Å². The molecule has 3 aliphatic heterocycles. The number of cyclic esters (lactones) is 1. The minimum Gasteiger partial charge on any atom is -0.493 e. The van der Waals surface area contributed by atoms with Crippen LogP contribution in [0.4, 0.5) is 0 Å². The maximum absolute atomic E-state index is 13.1. The Morgan fingerprint density at radius 2 is 1.66 bits per heavy atom. The largest absolute Gasteiger partial charge is 0.493 e. The van der Waals surface area contributed by atoms with Crippen molar-refractivity contribution in [1.82, 2.24) is 0 Å². The van der Waals surface area contributed by atoms with Crippen LogP contribution in [0.15, 0.2) is 30.3 Å². The summed E-state index contributed by atoms with van der Waals surface area (Å²) >= 11 is 3.60. The van der Waals surface area contributed by atoms with E-state index in [-0.39, 0.29) is 19.3 Å². The number of hydrogen-bond donors (Lipinski definition) is 1. The second-order valence-corrected chi connectivity index (χ2v) is 11.4. The molecule has 2 aromatic rings. The summed E-state index contributed by atoms with van der Waals surface area (Å²) in [6.45, 7) is 0.416. The number of esters is 1. The third-order valence-corrected chi connectivity index (χ3v) is 10.3. The Hall–Kier alpha value is -2.43. The van der Waals surface area contributed by atoms with Crippen molar-refractivity contribution in [3.8, 4) is 28.7 Å². The molecule has 3 heterocycles. The van der Waals surface area contributed by atoms with Crippen LogP contribution >= 0.6 is 23.5 Å². The number of carbonyl (C=O) groups excluding carboxylic acids is 1. The number of methoxy groups -OCH3 is 3. The molecule has 2 aromatic carbocycles. The molecule has 10 heteroatoms. The van der Waals surface area contributed by atoms with Crippen molar-refractivity contribution in [3.63, 3.8) is 0 Å². The van der Waals surface area contributed by atoms with E-state index in [2.05, 4.69) is 0 Å². The molecule has 0 radical (unpaired) electrons. The van der Waals surface area contributed by atoms with E-state index in [1.165, 1.54) is 21.3 Å². The molecule has 3 atom stereocenters. The molecule has 0 aliphatic carbocycles. The first-order chi connectivity index (χ1) is 17.0. The van der Waals surface area contributed by atoms with Gasteiger partial charge in [-0.2, -0.15) is 0 Å². The van der Waals surface area contributed by atoms with Crippen LogP contribution in [-0.4, -0.2) is 57.3 Å². The molecule has 8 nitrogen and oxygen atoms in total. The van der Waals surface area contributed by atoms with Gasteiger partial charge < -0.3 is 33.5 Å². The van der Waals surface area contributed by atoms with Crippen LogP contribution in [0.2, 0.25) is 0 Å². The van der Waals surface area contributed by atoms with E-state index in [1.807, 2.05) is 18.2 Å². The summed E-state index contributed by atoms with van der Waals surface area (Å²) in [5, 5.41) is 11.6. The smallest absolute Gasteiger partial charge is 0.312 e. The summed E-state index contributed by atoms with van der Waals surface area (Å²) < 4.78 is 32.6. The fourth-order valence-electron chi connectivity index (χ4n) is 4.97. The third-order valence-electron chi connectivity index (χ3n) is 6.66. The van der Waals surface area contributed by atoms with Crippen LogP contribution in [-0.2, 0) is 13.6 Å². The molecule has 1 N–H and O–H groups in total. The van der Waals surface area contributed by atoms with Crippen LogP contribution in [0.3, 0.4) is 0 Å². The van der Waals surface area contributed by atoms with E-state index in [1.54, 1.807) is 35.7 Å². The fraction of sp³-hybridized carbons (Fsp3) is 0.480. The van der Waals surface area contributed by atoms with Crippen molar-refractivity contribution in [2.45, 2.75) is 16.6 Å². The number of ether oxygens (including phenoxy) is 6. The molecular formula is C25H28O8S2. The Labute approximate surface area is 212 Å². The lowest BCUT2D eigenvalue weighted by atomic mass is 9.82. The number of benzene rings is 2. The zero-order chi connectivity index (χ0) is 24.6. The molecule has 0 saturated carbocycles. The Kier molecular flexibility index (Phi) is 6.87. The van der Waals surface area contributed by atoms with Crippen LogP contribution < -0.4 is 23.7 Å². The molecule has 0 spiro atoms. The van der Waals surface area contributed by atoms with Gasteiger partial charge in [0.1, 0.15) is 0 Å². The summed E-state index contributed by atoms with van der Waals surface area (Å²) in [5.41, 5.74) is 1.53. The van der Waals surface area contributed by atoms with E-state index in [0.717, 1.165) is 23.5 Å². The quantitative estimate of drug-likeness (QED) is 0.540. The first-order valence-corrected chi connectivity index (χ1v) is 13.3. The number of aliphatic hydroxyl groups is 1. The van der Waals surface area contributed by atoms with Crippen LogP contribution in [0.1, 0.15) is 23.7 Å². The molecule has 3 aliphatic rings. The normalized spacial score (nSPS) is 23.5. The molecule has 2 saturated heterocycles. The standard InChI is InChI=1S/C25H28O8S2/c1-28-19-9-14(10-20(29-2)23(19)30-3)22(26)21-16(12-31-24(21)27)25(34-7-4-8-35-25)15-5-6-17-18(11-15)33-13-32-17/h5-6,9-11,16,21-22,26H,4,7-8,12-13H2,1-3H3. The van der Waals surface area contributed by atoms with Gasteiger partial charge in [-0.15, -0.1) is 23.5 Å². The van der Waals surface area contributed by atoms with E-state index < -0.39 is 22.1 Å². The van der Waals surface area contributed by atoms with Gasteiger partial charge in [0, 0.05) is 5.92 Å². The molecule has 188 valence electrons. The Bertz CT molecular complexity index is 1080. The van der Waals surface area contributed by atoms with Crippen LogP contribution in [0, 0.1) is 11.8 Å². The van der Waals surface area contributed by atoms with Crippen molar-refractivity contribution in [3.05, 3.63) is 41.5 Å². The van der Waals surface area contributed by atoms with Gasteiger partial charge in [0.25, 0.3) is 0 Å². The number of hydrogen-bond acceptors (Lipinski definition) is 10. The van der Waals surface area contributed by atoms with Gasteiger partial charge in [0.2, 0.25) is 12.5 Å². The molecule has 35 heavy (non-hydrogen) atoms. The topological polar surface area (TPSA) is 92.7 Å². The van der Waals surface area contributed by atoms with Crippen LogP contribution in [0.5, 0.6) is 28.7 Å². The average molecular weight is 521 g/mol. The minimum absolute atomic E-state index is 0.194. The Morgan fingerprint density at radius 3 is 2.31 bits per heavy atom. The lowest BCUT2D eigenvalue weighted by Gasteiger charge is -2.43. The molecule has 0 bridgehead atoms. The summed E-state index contributed by atoms with van der Waals surface area (Å²) in [4.78, 5) is 13.1. The van der Waals surface area contributed by atoms with Gasteiger partial charge in [-0.05, 0) is 53.3 Å². The number of aliphatic hydroxyl groups excluding tert-OH is 1. The van der Waals surface area contributed by atoms with Crippen molar-refractivity contribution < 1.29 is 38.3 Å². The fourth-order valence-corrected chi connectivity index (χ4v) is 8.61. The van der Waals surface area contributed by atoms with Crippen LogP contribution in [0.25, 0.3) is 0 Å². The van der Waals surface area contributed by atoms with Gasteiger partial charge >= 0.3 is 5.97 Å². The first kappa shape index (κ1) is 24.3. The number of fused-ring (bicyclic) bond motifs is 1. The van der Waals surface area contributed by atoms with Gasteiger partial charge in [-0.1, -0.05) is 6.07 Å². The number of rotatable bonds is 7. The third kappa shape index (κ3) is 4.15. The summed E-state index contributed by atoms with van der Waals surface area (Å²) in [7, 11) is 4.56. The van der Waals surface area contributed by atoms with Gasteiger partial charge in [-0.3, -0.25) is 4.79 Å². The lowest BCUT2D eigenvalue weighted by molar-refractivity contribution is -0.144. The maximum Gasteiger partial charge on any atom is 0.312 e. The summed E-state index contributed by atoms with van der Waals surface area (Å²) in [5.74, 6) is 3.07. The van der Waals surface area contributed by atoms with Gasteiger partial charge in [0.15, 0.2) is 23.0 Å². The van der Waals surface area contributed by atoms with Crippen molar-refractivity contribution >= 4 is 29.5 Å². The average Bonchev–Trinajstić information content (AvgIpc) is 3.53. The predicted octanol–water partition coefficient (Wildman–Crippen LogP) is 3.99. The highest BCUT2D eigenvalue weighted by molar-refractivity contribution is 8.18. The molecule has 2 fully saturated rings. The van der Waals surface area contributed by atoms with E-state index in [9.17, 15) is 9.90 Å². The molecule has 5 rings (SSSR count). The summed E-state index contributed by atoms with van der Waals surface area (Å²) in [6.07, 6.45) is -0.0544. The highest BCUT2D eigenvalue weighted by Crippen LogP contribution is 2.61. The molecule has 0 aromatic heterocycles. The highest BCUT2D eigenvalue weighted by atomic mass is 32.2. The second kappa shape index (κ2) is 9.91. The van der Waals surface area contributed by atoms with E-state index >= 15 is 0 Å². The maximum atomic E-state index is 13.1. The van der Waals surface area contributed by atoms with Crippen molar-refractivity contribution in [2.24, 2.45) is 11.8 Å². The lowest BCUT2D eigenvalue weighted by Crippen LogP contribution is -2.39. The number of thioether (sulfide) groups is 2. The zero-order valence-corrected chi connectivity index (χ0v) is 21.4. The summed E-state index contributed by atoms with van der Waals surface area (Å²) in [6, 6.07) is 9.31. The highest BCUT2D eigenvalue weighted by Gasteiger charge is 2.55. The molecular weight excluding hydrogens is 492 g/mol. The van der Waals surface area contributed by atoms with Gasteiger partial charge in [0.05, 0.1) is 44.0 Å². The molecule has 3 unspecified atom stereocenters. The SMILES string of the molecule is COc1cc(C(O)C2C(=O)OCC2C2(c3ccc4c(c3)OCO4)SCCCS2)cc(OC)c1OC. The molecule has 0 amide bonds. The van der Waals surface area contributed by atoms with Gasteiger partial charge in [-0.25, -0.2) is 0 Å². The minimum atomic E-state index is -1.13. The Morgan fingerprint density at radius 1 is 0.971 bits per heavy atom. The first-order valence-electron chi connectivity index (χ1n) is 11.3. The Balaban J connectivity index is 1.56.